The lowest BCUT2D eigenvalue weighted by atomic mass is 9.55. The average Bonchev–Trinajstić information content (AvgIpc) is 3.20. The molecule has 10 atom stereocenters. The lowest BCUT2D eigenvalue weighted by Gasteiger charge is -2.56. The van der Waals surface area contributed by atoms with Crippen molar-refractivity contribution in [1.82, 2.24) is 0 Å². The van der Waals surface area contributed by atoms with Crippen molar-refractivity contribution >= 4 is 5.97 Å². The van der Waals surface area contributed by atoms with Crippen molar-refractivity contribution in [2.75, 3.05) is 0 Å². The van der Waals surface area contributed by atoms with Crippen LogP contribution in [0.4, 0.5) is 0 Å². The van der Waals surface area contributed by atoms with E-state index in [1.54, 1.807) is 13.8 Å². The lowest BCUT2D eigenvalue weighted by Crippen LogP contribution is -2.77. The number of hydrogen-bond acceptors (Lipinski definition) is 8. The standard InChI is InChI=1S/C20H30O8/c1-9(2)17-13-19(25)14(4,8-11(21)27-13)16(23)7-6-10(3)12(22)18(16,24)20(19,26)15(17,5)28-17/h9-10,12-13,22-26H,6-8H2,1-5H3/t10?,12?,13?,14-,15+,16-,17+,18?,19+,20?/m0/s1. The summed E-state index contributed by atoms with van der Waals surface area (Å²) in [5, 5.41) is 59.3. The first-order chi connectivity index (χ1) is 12.7. The Morgan fingerprint density at radius 1 is 1.11 bits per heavy atom. The zero-order chi connectivity index (χ0) is 20.9. The highest BCUT2D eigenvalue weighted by atomic mass is 16.7. The van der Waals surface area contributed by atoms with Crippen LogP contribution in [0.25, 0.3) is 0 Å². The molecule has 5 fully saturated rings. The van der Waals surface area contributed by atoms with E-state index in [0.29, 0.717) is 6.42 Å². The summed E-state index contributed by atoms with van der Waals surface area (Å²) in [5.41, 5.74) is -13.6. The van der Waals surface area contributed by atoms with Gasteiger partial charge in [-0.15, -0.1) is 0 Å². The Hall–Kier alpha value is -0.770. The van der Waals surface area contributed by atoms with Gasteiger partial charge >= 0.3 is 5.97 Å². The second-order valence-electron chi connectivity index (χ2n) is 10.5. The first-order valence-corrected chi connectivity index (χ1v) is 10.1. The minimum absolute atomic E-state index is 0.0214. The maximum atomic E-state index is 12.6. The van der Waals surface area contributed by atoms with Crippen molar-refractivity contribution in [3.63, 3.8) is 0 Å². The molecule has 0 aromatic heterocycles. The molecule has 2 heterocycles. The highest BCUT2D eigenvalue weighted by molar-refractivity contribution is 5.76. The molecule has 5 N–H and O–H groups in total. The van der Waals surface area contributed by atoms with Gasteiger partial charge < -0.3 is 35.0 Å². The molecule has 5 aliphatic rings. The molecule has 3 aliphatic carbocycles. The fourth-order valence-electron chi connectivity index (χ4n) is 8.03. The van der Waals surface area contributed by atoms with Gasteiger partial charge in [0.2, 0.25) is 0 Å². The Bertz CT molecular complexity index is 801. The van der Waals surface area contributed by atoms with Gasteiger partial charge in [-0.2, -0.15) is 0 Å². The van der Waals surface area contributed by atoms with E-state index < -0.39 is 63.1 Å². The molecule has 158 valence electrons. The van der Waals surface area contributed by atoms with E-state index in [4.69, 9.17) is 9.47 Å². The van der Waals surface area contributed by atoms with Gasteiger partial charge in [-0.1, -0.05) is 27.7 Å². The number of carbonyl (C=O) groups is 1. The molecular weight excluding hydrogens is 368 g/mol. The molecule has 8 heteroatoms. The Kier molecular flexibility index (Phi) is 3.06. The summed E-state index contributed by atoms with van der Waals surface area (Å²) in [4.78, 5) is 12.6. The number of rotatable bonds is 1. The van der Waals surface area contributed by atoms with Crippen LogP contribution in [0.1, 0.15) is 53.9 Å². The van der Waals surface area contributed by atoms with Gasteiger partial charge in [0.05, 0.1) is 12.5 Å². The normalized spacial score (nSPS) is 67.0. The molecule has 2 saturated heterocycles. The first-order valence-electron chi connectivity index (χ1n) is 10.1. The van der Waals surface area contributed by atoms with Crippen LogP contribution in [-0.2, 0) is 14.3 Å². The molecular formula is C20H30O8. The van der Waals surface area contributed by atoms with Crippen molar-refractivity contribution < 1.29 is 39.8 Å². The molecule has 0 radical (unpaired) electrons. The molecule has 0 bridgehead atoms. The summed E-state index contributed by atoms with van der Waals surface area (Å²) in [6.45, 7) is 8.45. The highest BCUT2D eigenvalue weighted by Gasteiger charge is 3.07. The van der Waals surface area contributed by atoms with Crippen molar-refractivity contribution in [3.05, 3.63) is 0 Å². The molecule has 2 aliphatic heterocycles. The van der Waals surface area contributed by atoms with Gasteiger partial charge in [-0.3, -0.25) is 4.79 Å². The summed E-state index contributed by atoms with van der Waals surface area (Å²) >= 11 is 0. The molecule has 28 heavy (non-hydrogen) atoms. The monoisotopic (exact) mass is 398 g/mol. The molecule has 0 aromatic rings. The second-order valence-corrected chi connectivity index (χ2v) is 10.5. The Morgan fingerprint density at radius 3 is 2.29 bits per heavy atom. The quantitative estimate of drug-likeness (QED) is 0.287. The van der Waals surface area contributed by atoms with Crippen LogP contribution in [0.2, 0.25) is 0 Å². The molecule has 5 rings (SSSR count). The number of carbonyl (C=O) groups excluding carboxylic acids is 1. The van der Waals surface area contributed by atoms with E-state index in [-0.39, 0.29) is 18.8 Å². The van der Waals surface area contributed by atoms with Gasteiger partial charge in [-0.05, 0) is 31.6 Å². The first kappa shape index (κ1) is 19.2. The van der Waals surface area contributed by atoms with Crippen LogP contribution >= 0.6 is 0 Å². The van der Waals surface area contributed by atoms with Crippen LogP contribution in [-0.4, -0.2) is 77.3 Å². The van der Waals surface area contributed by atoms with Crippen LogP contribution in [0.15, 0.2) is 0 Å². The summed E-state index contributed by atoms with van der Waals surface area (Å²) in [7, 11) is 0. The molecule has 3 saturated carbocycles. The minimum Gasteiger partial charge on any atom is -0.456 e. The maximum Gasteiger partial charge on any atom is 0.307 e. The number of esters is 1. The predicted octanol–water partition coefficient (Wildman–Crippen LogP) is -0.766. The predicted molar refractivity (Wildman–Crippen MR) is 93.9 cm³/mol. The smallest absolute Gasteiger partial charge is 0.307 e. The van der Waals surface area contributed by atoms with E-state index in [1.807, 2.05) is 13.8 Å². The third-order valence-corrected chi connectivity index (χ3v) is 9.56. The topological polar surface area (TPSA) is 140 Å². The van der Waals surface area contributed by atoms with Crippen LogP contribution in [0.5, 0.6) is 0 Å². The number of fused-ring (bicyclic) bond motifs is 6. The lowest BCUT2D eigenvalue weighted by molar-refractivity contribution is -0.314. The number of hydrogen-bond donors (Lipinski definition) is 5. The summed E-state index contributed by atoms with van der Waals surface area (Å²) in [5.74, 6) is -1.34. The Labute approximate surface area is 163 Å². The second kappa shape index (κ2) is 4.45. The third-order valence-electron chi connectivity index (χ3n) is 9.56. The average molecular weight is 398 g/mol. The van der Waals surface area contributed by atoms with Crippen LogP contribution in [0.3, 0.4) is 0 Å². The number of ether oxygens (including phenoxy) is 2. The maximum absolute atomic E-state index is 12.6. The Morgan fingerprint density at radius 2 is 1.71 bits per heavy atom. The number of aliphatic hydroxyl groups excluding tert-OH is 1. The Balaban J connectivity index is 1.90. The van der Waals surface area contributed by atoms with Gasteiger partial charge in [0.25, 0.3) is 0 Å². The zero-order valence-electron chi connectivity index (χ0n) is 16.9. The van der Waals surface area contributed by atoms with Crippen molar-refractivity contribution in [1.29, 1.82) is 0 Å². The van der Waals surface area contributed by atoms with Crippen LogP contribution < -0.4 is 0 Å². The molecule has 8 nitrogen and oxygen atoms in total. The van der Waals surface area contributed by atoms with Crippen LogP contribution in [0, 0.1) is 17.3 Å². The van der Waals surface area contributed by atoms with E-state index >= 15 is 0 Å². The number of aliphatic hydroxyl groups is 5. The molecule has 0 spiro atoms. The van der Waals surface area contributed by atoms with E-state index in [0.717, 1.165) is 0 Å². The molecule has 0 aromatic carbocycles. The van der Waals surface area contributed by atoms with Gasteiger partial charge in [-0.25, -0.2) is 0 Å². The third kappa shape index (κ3) is 1.24. The molecule has 5 unspecified atom stereocenters. The summed E-state index contributed by atoms with van der Waals surface area (Å²) in [6.07, 6.45) is -2.79. The van der Waals surface area contributed by atoms with Crippen molar-refractivity contribution in [2.45, 2.75) is 99.7 Å². The van der Waals surface area contributed by atoms with Crippen molar-refractivity contribution in [2.24, 2.45) is 17.3 Å². The van der Waals surface area contributed by atoms with Gasteiger partial charge in [0.15, 0.2) is 17.3 Å². The van der Waals surface area contributed by atoms with Crippen molar-refractivity contribution in [3.8, 4) is 0 Å². The summed E-state index contributed by atoms with van der Waals surface area (Å²) in [6, 6.07) is 0. The van der Waals surface area contributed by atoms with E-state index in [1.165, 1.54) is 6.92 Å². The summed E-state index contributed by atoms with van der Waals surface area (Å²) < 4.78 is 11.6. The van der Waals surface area contributed by atoms with Gasteiger partial charge in [0, 0.05) is 5.41 Å². The molecule has 0 amide bonds. The number of epoxide rings is 1. The highest BCUT2D eigenvalue weighted by Crippen LogP contribution is 2.84. The van der Waals surface area contributed by atoms with E-state index in [2.05, 4.69) is 0 Å². The van der Waals surface area contributed by atoms with E-state index in [9.17, 15) is 30.3 Å². The fraction of sp³-hybridized carbons (Fsp3) is 0.950. The zero-order valence-corrected chi connectivity index (χ0v) is 16.9. The van der Waals surface area contributed by atoms with Gasteiger partial charge in [0.1, 0.15) is 22.4 Å². The SMILES string of the molecule is CC1CC[C@@]2(O)C(O)(C1O)C1(O)[C@]3(C)O[C@]3(C(C)C)C3OC(=O)C[C@]2(C)[C@]31O. The fourth-order valence-corrected chi connectivity index (χ4v) is 8.03. The largest absolute Gasteiger partial charge is 0.456 e. The minimum atomic E-state index is -2.50.